The van der Waals surface area contributed by atoms with Crippen molar-refractivity contribution in [3.63, 3.8) is 0 Å². The predicted octanol–water partition coefficient (Wildman–Crippen LogP) is 4.31. The molecule has 3 aromatic heterocycles. The molecule has 16 nitrogen and oxygen atoms in total. The Hall–Kier alpha value is -7.43. The highest BCUT2D eigenvalue weighted by molar-refractivity contribution is 5.95. The monoisotopic (exact) mass is 748 g/mol. The van der Waals surface area contributed by atoms with E-state index in [2.05, 4.69) is 20.8 Å². The Morgan fingerprint density at radius 3 is 2.25 bits per heavy atom. The zero-order valence-electron chi connectivity index (χ0n) is 29.1. The van der Waals surface area contributed by atoms with Crippen molar-refractivity contribution in [2.75, 3.05) is 0 Å². The number of phenols is 2. The summed E-state index contributed by atoms with van der Waals surface area (Å²) in [5, 5.41) is 30.2. The molecule has 5 aromatic rings. The van der Waals surface area contributed by atoms with E-state index in [1.807, 2.05) is 0 Å². The lowest BCUT2D eigenvalue weighted by Crippen LogP contribution is -2.37. The van der Waals surface area contributed by atoms with Crippen molar-refractivity contribution < 1.29 is 53.1 Å². The molecule has 0 atom stereocenters. The molecule has 55 heavy (non-hydrogen) atoms. The van der Waals surface area contributed by atoms with Crippen molar-refractivity contribution in [3.05, 3.63) is 141 Å². The largest absolute Gasteiger partial charge is 0.507 e. The summed E-state index contributed by atoms with van der Waals surface area (Å²) in [7, 11) is 0. The Balaban J connectivity index is 1.21. The zero-order chi connectivity index (χ0) is 39.5. The van der Waals surface area contributed by atoms with E-state index in [1.54, 1.807) is 6.92 Å². The Bertz CT molecular complexity index is 2370. The summed E-state index contributed by atoms with van der Waals surface area (Å²) < 4.78 is 21.3. The molecule has 0 aliphatic rings. The fourth-order valence-corrected chi connectivity index (χ4v) is 4.79. The Morgan fingerprint density at radius 1 is 0.927 bits per heavy atom. The number of aromatic hydroxyl groups is 2. The van der Waals surface area contributed by atoms with Crippen LogP contribution in [0.25, 0.3) is 12.2 Å². The molecule has 3 heterocycles. The van der Waals surface area contributed by atoms with Crippen LogP contribution in [0.5, 0.6) is 34.5 Å². The fourth-order valence-electron chi connectivity index (χ4n) is 4.79. The number of aryl methyl sites for hydroxylation is 1. The number of aliphatic hydroxyl groups excluding tert-OH is 1. The molecule has 5 rings (SSSR count). The summed E-state index contributed by atoms with van der Waals surface area (Å²) >= 11 is 0. The number of nitrogens with one attached hydrogen (secondary N) is 2. The summed E-state index contributed by atoms with van der Waals surface area (Å²) in [5.41, 5.74) is 6.21. The first-order chi connectivity index (χ1) is 26.4. The van der Waals surface area contributed by atoms with Crippen molar-refractivity contribution in [2.24, 2.45) is 0 Å². The van der Waals surface area contributed by atoms with Gasteiger partial charge in [0.25, 0.3) is 5.91 Å². The Kier molecular flexibility index (Phi) is 12.6. The molecule has 0 bridgehead atoms. The van der Waals surface area contributed by atoms with Crippen LogP contribution in [0, 0.1) is 6.92 Å². The highest BCUT2D eigenvalue weighted by Gasteiger charge is 2.19. The number of esters is 2. The number of aromatic nitrogens is 2. The van der Waals surface area contributed by atoms with Gasteiger partial charge in [0.05, 0.1) is 5.69 Å². The molecule has 2 aromatic carbocycles. The van der Waals surface area contributed by atoms with E-state index in [0.29, 0.717) is 17.5 Å². The van der Waals surface area contributed by atoms with Crippen molar-refractivity contribution in [3.8, 4) is 34.5 Å². The number of phenolic OH excluding ortho intramolecular Hbond substituents is 2. The zero-order valence-corrected chi connectivity index (χ0v) is 29.1. The van der Waals surface area contributed by atoms with Gasteiger partial charge in [-0.25, -0.2) is 15.0 Å². The molecule has 5 N–H and O–H groups in total. The number of carbonyl (C=O) groups is 4. The third-order valence-corrected chi connectivity index (χ3v) is 7.63. The van der Waals surface area contributed by atoms with Gasteiger partial charge in [0.15, 0.2) is 12.0 Å². The van der Waals surface area contributed by atoms with Gasteiger partial charge < -0.3 is 33.9 Å². The number of rotatable bonds is 14. The quantitative estimate of drug-likeness (QED) is 0.0460. The van der Waals surface area contributed by atoms with E-state index in [4.69, 9.17) is 23.7 Å². The lowest BCUT2D eigenvalue weighted by atomic mass is 10.1. The van der Waals surface area contributed by atoms with Gasteiger partial charge in [0.1, 0.15) is 41.6 Å². The van der Waals surface area contributed by atoms with E-state index in [1.165, 1.54) is 86.2 Å². The van der Waals surface area contributed by atoms with Gasteiger partial charge in [0.2, 0.25) is 11.2 Å². The van der Waals surface area contributed by atoms with Gasteiger partial charge in [0, 0.05) is 82.8 Å². The van der Waals surface area contributed by atoms with Crippen molar-refractivity contribution in [1.82, 2.24) is 20.8 Å². The highest BCUT2D eigenvalue weighted by atomic mass is 16.5. The third kappa shape index (κ3) is 10.1. The molecular weight excluding hydrogens is 716 g/mol. The summed E-state index contributed by atoms with van der Waals surface area (Å²) in [6.07, 6.45) is 9.33. The Morgan fingerprint density at radius 2 is 1.62 bits per heavy atom. The van der Waals surface area contributed by atoms with Crippen LogP contribution in [0.1, 0.15) is 55.8 Å². The molecule has 0 saturated carbocycles. The number of hydrogen-bond donors (Lipinski definition) is 5. The van der Waals surface area contributed by atoms with Crippen LogP contribution >= 0.6 is 0 Å². The van der Waals surface area contributed by atoms with Gasteiger partial charge in [-0.15, -0.1) is 0 Å². The molecule has 0 fully saturated rings. The summed E-state index contributed by atoms with van der Waals surface area (Å²) in [4.78, 5) is 69.5. The normalized spacial score (nSPS) is 11.2. The third-order valence-electron chi connectivity index (χ3n) is 7.63. The molecule has 0 radical (unpaired) electrons. The standard InChI is InChI=1S/C39H32N4O12/c1-22(39(51)55-37-23(2)41-17-27(19-44)31(37)18-42-43-38(50)25-9-11-40-12-10-25)13-26-4-7-29(15-33(26)47)53-28-6-3-24(32(46)14-28)5-8-36(49)54-35-21-52-30(20-45)16-34(35)48/h3-17,19,21,42,45-47H,18,20H2,1-2H3,(H,43,50). The molecular formula is C39H32N4O12. The smallest absolute Gasteiger partial charge is 0.339 e. The number of nitrogens with zero attached hydrogens (tertiary/aromatic N) is 2. The molecule has 0 unspecified atom stereocenters. The molecule has 0 spiro atoms. The second-order valence-electron chi connectivity index (χ2n) is 11.5. The number of amides is 1. The molecule has 0 saturated heterocycles. The van der Waals surface area contributed by atoms with Crippen LogP contribution in [0.4, 0.5) is 0 Å². The minimum atomic E-state index is -0.919. The number of ether oxygens (including phenoxy) is 3. The van der Waals surface area contributed by atoms with Crippen molar-refractivity contribution >= 4 is 36.3 Å². The van der Waals surface area contributed by atoms with Gasteiger partial charge in [-0.05, 0) is 62.4 Å². The van der Waals surface area contributed by atoms with Gasteiger partial charge in [-0.1, -0.05) is 0 Å². The molecule has 280 valence electrons. The fraction of sp³-hybridized carbons (Fsp3) is 0.103. The topological polar surface area (TPSA) is 237 Å². The maximum atomic E-state index is 13.2. The van der Waals surface area contributed by atoms with E-state index in [-0.39, 0.29) is 74.6 Å². The van der Waals surface area contributed by atoms with Gasteiger partial charge >= 0.3 is 11.9 Å². The summed E-state index contributed by atoms with van der Waals surface area (Å²) in [6, 6.07) is 12.5. The van der Waals surface area contributed by atoms with Crippen LogP contribution in [0.15, 0.2) is 100 Å². The second-order valence-corrected chi connectivity index (χ2v) is 11.5. The van der Waals surface area contributed by atoms with Gasteiger partial charge in [-0.2, -0.15) is 0 Å². The van der Waals surface area contributed by atoms with Crippen molar-refractivity contribution in [2.45, 2.75) is 27.0 Å². The molecule has 0 aliphatic heterocycles. The van der Waals surface area contributed by atoms with Crippen molar-refractivity contribution in [1.29, 1.82) is 0 Å². The molecule has 16 heteroatoms. The Labute approximate surface area is 312 Å². The van der Waals surface area contributed by atoms with E-state index >= 15 is 0 Å². The first kappa shape index (κ1) is 38.8. The lowest BCUT2D eigenvalue weighted by Gasteiger charge is -2.15. The minimum Gasteiger partial charge on any atom is -0.507 e. The highest BCUT2D eigenvalue weighted by Crippen LogP contribution is 2.32. The van der Waals surface area contributed by atoms with Gasteiger partial charge in [-0.3, -0.25) is 29.8 Å². The average Bonchev–Trinajstić information content (AvgIpc) is 3.17. The molecule has 0 aliphatic carbocycles. The first-order valence-corrected chi connectivity index (χ1v) is 16.2. The SMILES string of the molecule is CC(=Cc1ccc(Oc2ccc(C=CC(=O)Oc3coc(CO)cc3=O)c(O)c2)cc1O)C(=O)Oc1c(C)ncc(C=O)c1CNNC(=O)c1ccncc1. The lowest BCUT2D eigenvalue weighted by molar-refractivity contribution is -0.130. The van der Waals surface area contributed by atoms with E-state index < -0.39 is 29.9 Å². The minimum absolute atomic E-state index is 0.00390. The number of benzene rings is 2. The predicted molar refractivity (Wildman–Crippen MR) is 194 cm³/mol. The van der Waals surface area contributed by atoms with E-state index in [0.717, 1.165) is 18.4 Å². The number of carbonyl (C=O) groups excluding carboxylic acids is 4. The number of aldehydes is 1. The summed E-state index contributed by atoms with van der Waals surface area (Å²) in [5.74, 6) is -2.65. The maximum Gasteiger partial charge on any atom is 0.339 e. The van der Waals surface area contributed by atoms with Crippen LogP contribution in [-0.2, 0) is 22.7 Å². The van der Waals surface area contributed by atoms with Crippen LogP contribution in [0.3, 0.4) is 0 Å². The summed E-state index contributed by atoms with van der Waals surface area (Å²) in [6.45, 7) is 2.48. The number of pyridine rings is 2. The van der Waals surface area contributed by atoms with E-state index in [9.17, 15) is 34.2 Å². The second kappa shape index (κ2) is 17.9. The first-order valence-electron chi connectivity index (χ1n) is 16.2. The average molecular weight is 749 g/mol. The number of aliphatic hydroxyl groups is 1. The molecule has 1 amide bonds. The number of hydrazine groups is 1. The van der Waals surface area contributed by atoms with Crippen LogP contribution in [0.2, 0.25) is 0 Å². The number of hydrogen-bond acceptors (Lipinski definition) is 15. The maximum absolute atomic E-state index is 13.2. The van der Waals surface area contributed by atoms with Crippen LogP contribution in [-0.4, -0.2) is 49.4 Å². The van der Waals surface area contributed by atoms with Crippen LogP contribution < -0.4 is 30.5 Å².